The average molecular weight is 243 g/mol. The molecule has 16 heavy (non-hydrogen) atoms. The summed E-state index contributed by atoms with van der Waals surface area (Å²) in [4.78, 5) is 11.4. The Labute approximate surface area is 99.2 Å². The minimum absolute atomic E-state index is 0.312. The molecule has 0 atom stereocenters. The van der Waals surface area contributed by atoms with Crippen molar-refractivity contribution in [3.63, 3.8) is 0 Å². The molecule has 0 saturated heterocycles. The van der Waals surface area contributed by atoms with Gasteiger partial charge in [0.1, 0.15) is 10.6 Å². The number of carbonyl (C=O) groups is 1. The number of hydrogen-bond donors (Lipinski definition) is 1. The highest BCUT2D eigenvalue weighted by Gasteiger charge is 2.17. The van der Waals surface area contributed by atoms with Crippen LogP contribution in [0.3, 0.4) is 0 Å². The lowest BCUT2D eigenvalue weighted by Gasteiger charge is -2.18. The van der Waals surface area contributed by atoms with E-state index >= 15 is 0 Å². The molecule has 0 fully saturated rings. The van der Waals surface area contributed by atoms with Crippen LogP contribution in [0.4, 0.5) is 9.93 Å². The van der Waals surface area contributed by atoms with Crippen LogP contribution in [0.15, 0.2) is 0 Å². The number of ether oxygens (including phenoxy) is 1. The third-order valence-electron chi connectivity index (χ3n) is 1.54. The average Bonchev–Trinajstić information content (AvgIpc) is 2.48. The fraction of sp³-hybridized carbons (Fsp3) is 0.700. The molecular weight excluding hydrogens is 226 g/mol. The predicted octanol–water partition coefficient (Wildman–Crippen LogP) is 3.01. The van der Waals surface area contributed by atoms with E-state index < -0.39 is 11.7 Å². The van der Waals surface area contributed by atoms with Crippen molar-refractivity contribution in [1.29, 1.82) is 0 Å². The van der Waals surface area contributed by atoms with Gasteiger partial charge in [-0.05, 0) is 20.8 Å². The van der Waals surface area contributed by atoms with Gasteiger partial charge in [0.15, 0.2) is 0 Å². The van der Waals surface area contributed by atoms with Gasteiger partial charge in [-0.25, -0.2) is 4.79 Å². The monoisotopic (exact) mass is 243 g/mol. The molecule has 1 N–H and O–H groups in total. The van der Waals surface area contributed by atoms with Crippen molar-refractivity contribution in [3.05, 3.63) is 5.01 Å². The van der Waals surface area contributed by atoms with Crippen LogP contribution in [0.2, 0.25) is 0 Å². The van der Waals surface area contributed by atoms with Crippen molar-refractivity contribution in [2.45, 2.75) is 46.1 Å². The summed E-state index contributed by atoms with van der Waals surface area (Å²) in [5, 5.41) is 11.7. The highest BCUT2D eigenvalue weighted by atomic mass is 32.1. The smallest absolute Gasteiger partial charge is 0.414 e. The summed E-state index contributed by atoms with van der Waals surface area (Å²) in [5.41, 5.74) is -0.504. The zero-order chi connectivity index (χ0) is 12.3. The zero-order valence-corrected chi connectivity index (χ0v) is 11.0. The lowest BCUT2D eigenvalue weighted by atomic mass is 10.2. The number of amides is 1. The van der Waals surface area contributed by atoms with Crippen LogP contribution in [0.1, 0.15) is 45.5 Å². The molecule has 0 aliphatic carbocycles. The molecule has 0 unspecified atom stereocenters. The van der Waals surface area contributed by atoms with Crippen LogP contribution >= 0.6 is 11.3 Å². The Morgan fingerprint density at radius 2 is 2.00 bits per heavy atom. The second-order valence-corrected chi connectivity index (χ2v) is 5.74. The Morgan fingerprint density at radius 3 is 2.44 bits per heavy atom. The van der Waals surface area contributed by atoms with Crippen LogP contribution < -0.4 is 5.32 Å². The van der Waals surface area contributed by atoms with Crippen LogP contribution in [-0.2, 0) is 4.74 Å². The van der Waals surface area contributed by atoms with Crippen LogP contribution in [-0.4, -0.2) is 21.9 Å². The summed E-state index contributed by atoms with van der Waals surface area (Å²) in [6.07, 6.45) is -0.501. The molecule has 0 aromatic carbocycles. The lowest BCUT2D eigenvalue weighted by molar-refractivity contribution is 0.0636. The second kappa shape index (κ2) is 4.78. The van der Waals surface area contributed by atoms with E-state index in [-0.39, 0.29) is 0 Å². The minimum Gasteiger partial charge on any atom is -0.444 e. The van der Waals surface area contributed by atoms with Gasteiger partial charge in [-0.15, -0.1) is 10.2 Å². The molecule has 0 saturated carbocycles. The molecule has 1 aromatic heterocycles. The van der Waals surface area contributed by atoms with Gasteiger partial charge in [-0.3, -0.25) is 5.32 Å². The fourth-order valence-electron chi connectivity index (χ4n) is 0.909. The molecule has 1 heterocycles. The van der Waals surface area contributed by atoms with E-state index in [9.17, 15) is 4.79 Å². The van der Waals surface area contributed by atoms with E-state index in [4.69, 9.17) is 4.74 Å². The first-order valence-electron chi connectivity index (χ1n) is 5.11. The first kappa shape index (κ1) is 12.9. The Bertz CT molecular complexity index is 368. The topological polar surface area (TPSA) is 64.1 Å². The predicted molar refractivity (Wildman–Crippen MR) is 63.9 cm³/mol. The second-order valence-electron chi connectivity index (χ2n) is 4.73. The van der Waals surface area contributed by atoms with Gasteiger partial charge in [0.2, 0.25) is 5.13 Å². The van der Waals surface area contributed by atoms with E-state index in [2.05, 4.69) is 15.5 Å². The maximum atomic E-state index is 11.4. The Hall–Kier alpha value is -1.17. The van der Waals surface area contributed by atoms with Crippen LogP contribution in [0, 0.1) is 0 Å². The summed E-state index contributed by atoms with van der Waals surface area (Å²) in [6, 6.07) is 0. The van der Waals surface area contributed by atoms with Crippen LogP contribution in [0.5, 0.6) is 0 Å². The number of rotatable bonds is 2. The van der Waals surface area contributed by atoms with Crippen molar-refractivity contribution in [3.8, 4) is 0 Å². The SMILES string of the molecule is CC(C)c1nnc(NC(=O)OC(C)(C)C)s1. The molecule has 0 radical (unpaired) electrons. The maximum Gasteiger partial charge on any atom is 0.414 e. The van der Waals surface area contributed by atoms with Gasteiger partial charge in [0, 0.05) is 5.92 Å². The molecule has 90 valence electrons. The lowest BCUT2D eigenvalue weighted by Crippen LogP contribution is -2.27. The zero-order valence-electron chi connectivity index (χ0n) is 10.2. The summed E-state index contributed by atoms with van der Waals surface area (Å²) in [6.45, 7) is 9.49. The van der Waals surface area contributed by atoms with E-state index in [1.807, 2.05) is 34.6 Å². The minimum atomic E-state index is -0.504. The summed E-state index contributed by atoms with van der Waals surface area (Å²) in [5.74, 6) is 0.312. The molecule has 0 bridgehead atoms. The van der Waals surface area contributed by atoms with Crippen molar-refractivity contribution in [1.82, 2.24) is 10.2 Å². The Morgan fingerprint density at radius 1 is 1.38 bits per heavy atom. The van der Waals surface area contributed by atoms with Crippen molar-refractivity contribution >= 4 is 22.6 Å². The van der Waals surface area contributed by atoms with Crippen molar-refractivity contribution in [2.24, 2.45) is 0 Å². The molecule has 1 aromatic rings. The number of hydrogen-bond acceptors (Lipinski definition) is 5. The normalized spacial score (nSPS) is 11.6. The Kier molecular flexibility index (Phi) is 3.85. The molecule has 0 aliphatic heterocycles. The van der Waals surface area contributed by atoms with Gasteiger partial charge in [0.05, 0.1) is 0 Å². The maximum absolute atomic E-state index is 11.4. The highest BCUT2D eigenvalue weighted by Crippen LogP contribution is 2.22. The molecule has 5 nitrogen and oxygen atoms in total. The number of anilines is 1. The molecule has 1 amide bonds. The van der Waals surface area contributed by atoms with Crippen molar-refractivity contribution < 1.29 is 9.53 Å². The first-order chi connectivity index (χ1) is 7.28. The number of nitrogens with zero attached hydrogens (tertiary/aromatic N) is 2. The number of carbonyl (C=O) groups excluding carboxylic acids is 1. The summed E-state index contributed by atoms with van der Waals surface area (Å²) >= 11 is 1.36. The Balaban J connectivity index is 2.57. The molecule has 0 aliphatic rings. The summed E-state index contributed by atoms with van der Waals surface area (Å²) < 4.78 is 5.10. The van der Waals surface area contributed by atoms with Gasteiger partial charge >= 0.3 is 6.09 Å². The van der Waals surface area contributed by atoms with Crippen LogP contribution in [0.25, 0.3) is 0 Å². The summed E-state index contributed by atoms with van der Waals surface area (Å²) in [7, 11) is 0. The van der Waals surface area contributed by atoms with E-state index in [1.165, 1.54) is 11.3 Å². The molecular formula is C10H17N3O2S. The number of nitrogens with one attached hydrogen (secondary N) is 1. The van der Waals surface area contributed by atoms with Gasteiger partial charge in [0.25, 0.3) is 0 Å². The molecule has 1 rings (SSSR count). The van der Waals surface area contributed by atoms with Gasteiger partial charge in [-0.2, -0.15) is 0 Å². The fourth-order valence-corrected chi connectivity index (χ4v) is 1.64. The molecule has 6 heteroatoms. The largest absolute Gasteiger partial charge is 0.444 e. The van der Waals surface area contributed by atoms with E-state index in [0.29, 0.717) is 11.0 Å². The standard InChI is InChI=1S/C10H17N3O2S/c1-6(2)7-12-13-8(16-7)11-9(14)15-10(3,4)5/h6H,1-5H3,(H,11,13,14). The van der Waals surface area contributed by atoms with E-state index in [1.54, 1.807) is 0 Å². The van der Waals surface area contributed by atoms with Crippen molar-refractivity contribution in [2.75, 3.05) is 5.32 Å². The van der Waals surface area contributed by atoms with Gasteiger partial charge in [-0.1, -0.05) is 25.2 Å². The molecule has 0 spiro atoms. The highest BCUT2D eigenvalue weighted by molar-refractivity contribution is 7.15. The number of aromatic nitrogens is 2. The third kappa shape index (κ3) is 4.14. The van der Waals surface area contributed by atoms with Gasteiger partial charge < -0.3 is 4.74 Å². The first-order valence-corrected chi connectivity index (χ1v) is 5.93. The third-order valence-corrected chi connectivity index (χ3v) is 2.68. The quantitative estimate of drug-likeness (QED) is 0.867. The van der Waals surface area contributed by atoms with E-state index in [0.717, 1.165) is 5.01 Å².